The van der Waals surface area contributed by atoms with Crippen LogP contribution in [-0.4, -0.2) is 37.0 Å². The first-order valence-electron chi connectivity index (χ1n) is 7.80. The monoisotopic (exact) mass is 343 g/mol. The van der Waals surface area contributed by atoms with Crippen molar-refractivity contribution >= 4 is 17.2 Å². The fourth-order valence-electron chi connectivity index (χ4n) is 3.07. The molecule has 0 N–H and O–H groups in total. The van der Waals surface area contributed by atoms with Crippen LogP contribution in [0.2, 0.25) is 0 Å². The standard InChI is InChI=1S/C16H17N5O2S/c1-10-5-6-13(20(10)2)15-18-11(8-24-15)16(22)21-7-3-4-12(21)14-17-9-23-19-14/h5-6,8-9,12H,3-4,7H2,1-2H3. The molecule has 0 radical (unpaired) electrons. The van der Waals surface area contributed by atoms with Gasteiger partial charge in [-0.05, 0) is 31.9 Å². The van der Waals surface area contributed by atoms with E-state index in [0.29, 0.717) is 18.1 Å². The number of likely N-dealkylation sites (tertiary alicyclic amines) is 1. The van der Waals surface area contributed by atoms with Crippen LogP contribution in [0.4, 0.5) is 0 Å². The van der Waals surface area contributed by atoms with Crippen molar-refractivity contribution < 1.29 is 9.32 Å². The smallest absolute Gasteiger partial charge is 0.273 e. The molecule has 0 spiro atoms. The minimum absolute atomic E-state index is 0.0734. The number of rotatable bonds is 3. The number of carbonyl (C=O) groups is 1. The van der Waals surface area contributed by atoms with Gasteiger partial charge in [-0.25, -0.2) is 4.98 Å². The molecule has 7 nitrogen and oxygen atoms in total. The average Bonchev–Trinajstić information content (AvgIpc) is 3.35. The van der Waals surface area contributed by atoms with E-state index in [0.717, 1.165) is 29.2 Å². The number of hydrogen-bond acceptors (Lipinski definition) is 6. The summed E-state index contributed by atoms with van der Waals surface area (Å²) in [5, 5.41) is 6.57. The second kappa shape index (κ2) is 5.86. The number of carbonyl (C=O) groups excluding carboxylic acids is 1. The normalized spacial score (nSPS) is 17.6. The van der Waals surface area contributed by atoms with Gasteiger partial charge in [-0.2, -0.15) is 4.98 Å². The van der Waals surface area contributed by atoms with E-state index in [1.807, 2.05) is 31.5 Å². The van der Waals surface area contributed by atoms with Gasteiger partial charge in [0.05, 0.1) is 11.7 Å². The molecule has 24 heavy (non-hydrogen) atoms. The number of amides is 1. The van der Waals surface area contributed by atoms with E-state index in [-0.39, 0.29) is 11.9 Å². The lowest BCUT2D eigenvalue weighted by Crippen LogP contribution is -2.31. The van der Waals surface area contributed by atoms with Crippen LogP contribution in [0.1, 0.15) is 40.9 Å². The van der Waals surface area contributed by atoms with Gasteiger partial charge in [0, 0.05) is 24.7 Å². The number of aryl methyl sites for hydroxylation is 1. The van der Waals surface area contributed by atoms with Crippen LogP contribution in [0.5, 0.6) is 0 Å². The van der Waals surface area contributed by atoms with E-state index in [9.17, 15) is 4.79 Å². The Hall–Kier alpha value is -2.48. The lowest BCUT2D eigenvalue weighted by atomic mass is 10.2. The summed E-state index contributed by atoms with van der Waals surface area (Å²) < 4.78 is 6.90. The van der Waals surface area contributed by atoms with E-state index >= 15 is 0 Å². The van der Waals surface area contributed by atoms with E-state index in [1.54, 1.807) is 4.90 Å². The van der Waals surface area contributed by atoms with Crippen molar-refractivity contribution in [2.75, 3.05) is 6.54 Å². The second-order valence-corrected chi connectivity index (χ2v) is 6.76. The maximum absolute atomic E-state index is 12.9. The Labute approximate surface area is 142 Å². The lowest BCUT2D eigenvalue weighted by molar-refractivity contribution is 0.0723. The summed E-state index contributed by atoms with van der Waals surface area (Å²) in [5.41, 5.74) is 2.65. The van der Waals surface area contributed by atoms with Gasteiger partial charge in [0.15, 0.2) is 5.82 Å². The molecule has 0 aromatic carbocycles. The molecule has 8 heteroatoms. The molecule has 0 saturated carbocycles. The summed E-state index contributed by atoms with van der Waals surface area (Å²) in [4.78, 5) is 23.3. The van der Waals surface area contributed by atoms with Crippen LogP contribution < -0.4 is 0 Å². The Kier molecular flexibility index (Phi) is 3.68. The fraction of sp³-hybridized carbons (Fsp3) is 0.375. The highest BCUT2D eigenvalue weighted by Gasteiger charge is 2.34. The van der Waals surface area contributed by atoms with Crippen LogP contribution in [-0.2, 0) is 7.05 Å². The SMILES string of the molecule is Cc1ccc(-c2nc(C(=O)N3CCCC3c3ncon3)cs2)n1C. The zero-order valence-electron chi connectivity index (χ0n) is 13.5. The molecule has 1 saturated heterocycles. The van der Waals surface area contributed by atoms with Gasteiger partial charge in [-0.15, -0.1) is 11.3 Å². The first-order chi connectivity index (χ1) is 11.6. The summed E-state index contributed by atoms with van der Waals surface area (Å²) >= 11 is 1.49. The molecular formula is C16H17N5O2S. The molecule has 1 atom stereocenters. The Balaban J connectivity index is 1.60. The Bertz CT molecular complexity index is 867. The van der Waals surface area contributed by atoms with E-state index in [2.05, 4.69) is 19.7 Å². The molecule has 3 aromatic heterocycles. The Morgan fingerprint density at radius 1 is 1.42 bits per heavy atom. The molecule has 1 amide bonds. The van der Waals surface area contributed by atoms with Crippen molar-refractivity contribution in [3.05, 3.63) is 41.1 Å². The second-order valence-electron chi connectivity index (χ2n) is 5.90. The average molecular weight is 343 g/mol. The van der Waals surface area contributed by atoms with Crippen LogP contribution in [0.15, 0.2) is 28.4 Å². The molecule has 1 aliphatic heterocycles. The first-order valence-corrected chi connectivity index (χ1v) is 8.68. The maximum atomic E-state index is 12.9. The van der Waals surface area contributed by atoms with Crippen molar-refractivity contribution in [2.45, 2.75) is 25.8 Å². The number of nitrogens with zero attached hydrogens (tertiary/aromatic N) is 5. The van der Waals surface area contributed by atoms with Crippen molar-refractivity contribution in [2.24, 2.45) is 7.05 Å². The highest BCUT2D eigenvalue weighted by Crippen LogP contribution is 2.32. The maximum Gasteiger partial charge on any atom is 0.273 e. The minimum Gasteiger partial charge on any atom is -0.346 e. The zero-order chi connectivity index (χ0) is 16.7. The highest BCUT2D eigenvalue weighted by atomic mass is 32.1. The van der Waals surface area contributed by atoms with Gasteiger partial charge < -0.3 is 14.0 Å². The van der Waals surface area contributed by atoms with Crippen LogP contribution >= 0.6 is 11.3 Å². The summed E-state index contributed by atoms with van der Waals surface area (Å²) in [7, 11) is 2.00. The van der Waals surface area contributed by atoms with Gasteiger partial charge in [0.2, 0.25) is 6.39 Å². The highest BCUT2D eigenvalue weighted by molar-refractivity contribution is 7.13. The molecule has 124 valence electrons. The zero-order valence-corrected chi connectivity index (χ0v) is 14.3. The molecule has 1 aliphatic rings. The summed E-state index contributed by atoms with van der Waals surface area (Å²) in [6.07, 6.45) is 3.08. The topological polar surface area (TPSA) is 77.1 Å². The molecule has 1 fully saturated rings. The predicted molar refractivity (Wildman–Crippen MR) is 88.6 cm³/mol. The van der Waals surface area contributed by atoms with E-state index in [1.165, 1.54) is 17.7 Å². The van der Waals surface area contributed by atoms with E-state index < -0.39 is 0 Å². The third-order valence-electron chi connectivity index (χ3n) is 4.51. The molecule has 3 aromatic rings. The third-order valence-corrected chi connectivity index (χ3v) is 5.37. The van der Waals surface area contributed by atoms with Gasteiger partial charge in [-0.1, -0.05) is 5.16 Å². The minimum atomic E-state index is -0.126. The lowest BCUT2D eigenvalue weighted by Gasteiger charge is -2.21. The third kappa shape index (κ3) is 2.43. The van der Waals surface area contributed by atoms with E-state index in [4.69, 9.17) is 4.52 Å². The summed E-state index contributed by atoms with van der Waals surface area (Å²) in [6, 6.07) is 3.95. The quantitative estimate of drug-likeness (QED) is 0.731. The number of thiazole rings is 1. The largest absolute Gasteiger partial charge is 0.346 e. The summed E-state index contributed by atoms with van der Waals surface area (Å²) in [5.74, 6) is 0.491. The molecule has 0 aliphatic carbocycles. The van der Waals surface area contributed by atoms with Crippen molar-refractivity contribution in [3.8, 4) is 10.7 Å². The van der Waals surface area contributed by atoms with Gasteiger partial charge in [-0.3, -0.25) is 4.79 Å². The fourth-order valence-corrected chi connectivity index (χ4v) is 3.92. The molecule has 1 unspecified atom stereocenters. The molecule has 0 bridgehead atoms. The van der Waals surface area contributed by atoms with Crippen molar-refractivity contribution in [1.29, 1.82) is 0 Å². The first kappa shape index (κ1) is 15.1. The Morgan fingerprint density at radius 3 is 3.00 bits per heavy atom. The molecule has 4 heterocycles. The van der Waals surface area contributed by atoms with Crippen LogP contribution in [0, 0.1) is 6.92 Å². The van der Waals surface area contributed by atoms with Gasteiger partial charge in [0.1, 0.15) is 10.7 Å². The van der Waals surface area contributed by atoms with Crippen molar-refractivity contribution in [3.63, 3.8) is 0 Å². The molecular weight excluding hydrogens is 326 g/mol. The van der Waals surface area contributed by atoms with Crippen LogP contribution in [0.3, 0.4) is 0 Å². The predicted octanol–water partition coefficient (Wildman–Crippen LogP) is 2.82. The van der Waals surface area contributed by atoms with Gasteiger partial charge >= 0.3 is 0 Å². The Morgan fingerprint density at radius 2 is 2.29 bits per heavy atom. The van der Waals surface area contributed by atoms with Crippen molar-refractivity contribution in [1.82, 2.24) is 24.6 Å². The summed E-state index contributed by atoms with van der Waals surface area (Å²) in [6.45, 7) is 2.73. The van der Waals surface area contributed by atoms with Crippen LogP contribution in [0.25, 0.3) is 10.7 Å². The van der Waals surface area contributed by atoms with Gasteiger partial charge in [0.25, 0.3) is 5.91 Å². The molecule has 4 rings (SSSR count). The number of aromatic nitrogens is 4. The number of hydrogen-bond donors (Lipinski definition) is 0.